The Balaban J connectivity index is 2.28. The van der Waals surface area contributed by atoms with Gasteiger partial charge in [0.15, 0.2) is 11.1 Å². The Kier molecular flexibility index (Phi) is 4.78. The number of rotatable bonds is 4. The van der Waals surface area contributed by atoms with Crippen molar-refractivity contribution in [2.75, 3.05) is 13.7 Å². The van der Waals surface area contributed by atoms with Crippen LogP contribution in [-0.4, -0.2) is 65.1 Å². The number of imide groups is 1. The van der Waals surface area contributed by atoms with Crippen LogP contribution in [0.4, 0.5) is 4.79 Å². The maximum Gasteiger partial charge on any atom is 0.328 e. The van der Waals surface area contributed by atoms with Crippen LogP contribution in [0.25, 0.3) is 10.4 Å². The summed E-state index contributed by atoms with van der Waals surface area (Å²) in [5.41, 5.74) is 8.54. The Morgan fingerprint density at radius 1 is 1.68 bits per heavy atom. The van der Waals surface area contributed by atoms with Crippen LogP contribution in [0.1, 0.15) is 13.3 Å². The highest BCUT2D eigenvalue weighted by Crippen LogP contribution is 2.34. The zero-order chi connectivity index (χ0) is 16.5. The van der Waals surface area contributed by atoms with E-state index in [0.29, 0.717) is 0 Å². The third kappa shape index (κ3) is 2.71. The Bertz CT molecular complexity index is 523. The average Bonchev–Trinajstić information content (AvgIpc) is 2.85. The second-order valence-corrected chi connectivity index (χ2v) is 5.94. The molecule has 0 aromatic heterocycles. The Labute approximate surface area is 130 Å². The van der Waals surface area contributed by atoms with Gasteiger partial charge in [0.25, 0.3) is 5.91 Å². The monoisotopic (exact) mass is 333 g/mol. The quantitative estimate of drug-likeness (QED) is 0.330. The molecule has 0 aliphatic carbocycles. The van der Waals surface area contributed by atoms with E-state index in [4.69, 9.17) is 26.6 Å². The summed E-state index contributed by atoms with van der Waals surface area (Å²) in [6.45, 7) is 1.05. The first-order chi connectivity index (χ1) is 10.4. The van der Waals surface area contributed by atoms with Crippen molar-refractivity contribution >= 4 is 23.5 Å². The van der Waals surface area contributed by atoms with E-state index in [1.165, 1.54) is 14.0 Å². The molecule has 2 saturated heterocycles. The summed E-state index contributed by atoms with van der Waals surface area (Å²) in [6.07, 6.45) is -2.50. The van der Waals surface area contributed by atoms with Crippen molar-refractivity contribution in [2.24, 2.45) is 5.11 Å². The Morgan fingerprint density at radius 2 is 2.36 bits per heavy atom. The summed E-state index contributed by atoms with van der Waals surface area (Å²) in [6, 6.07) is -1.36. The normalized spacial score (nSPS) is 38.6. The molecule has 22 heavy (non-hydrogen) atoms. The lowest BCUT2D eigenvalue weighted by Gasteiger charge is -2.44. The van der Waals surface area contributed by atoms with Crippen LogP contribution < -0.4 is 5.32 Å². The van der Waals surface area contributed by atoms with Crippen LogP contribution >= 0.6 is 11.6 Å². The first-order valence-corrected chi connectivity index (χ1v) is 6.90. The molecule has 0 radical (unpaired) electrons. The summed E-state index contributed by atoms with van der Waals surface area (Å²) >= 11 is 6.18. The number of halogens is 1. The van der Waals surface area contributed by atoms with Crippen molar-refractivity contribution in [3.05, 3.63) is 10.4 Å². The number of carbonyl (C=O) groups excluding carboxylic acids is 2. The maximum atomic E-state index is 12.1. The van der Waals surface area contributed by atoms with Gasteiger partial charge < -0.3 is 14.6 Å². The van der Waals surface area contributed by atoms with Crippen LogP contribution in [0.15, 0.2) is 5.11 Å². The molecule has 2 aliphatic rings. The van der Waals surface area contributed by atoms with Crippen molar-refractivity contribution < 1.29 is 24.2 Å². The van der Waals surface area contributed by atoms with Crippen LogP contribution in [0.5, 0.6) is 0 Å². The highest BCUT2D eigenvalue weighted by atomic mass is 35.5. The number of hydrogen-bond donors (Lipinski definition) is 2. The lowest BCUT2D eigenvalue weighted by atomic mass is 10.0. The number of urea groups is 1. The van der Waals surface area contributed by atoms with Gasteiger partial charge in [0.1, 0.15) is 6.23 Å². The fourth-order valence-electron chi connectivity index (χ4n) is 2.62. The smallest absolute Gasteiger partial charge is 0.328 e. The first kappa shape index (κ1) is 16.8. The predicted octanol–water partition coefficient (Wildman–Crippen LogP) is 0.294. The van der Waals surface area contributed by atoms with Crippen molar-refractivity contribution in [1.82, 2.24) is 10.2 Å². The number of aliphatic hydroxyl groups is 1. The number of methoxy groups -OCH3 is 1. The topological polar surface area (TPSA) is 137 Å². The summed E-state index contributed by atoms with van der Waals surface area (Å²) in [7, 11) is 1.31. The van der Waals surface area contributed by atoms with Gasteiger partial charge in [-0.05, 0) is 12.5 Å². The van der Waals surface area contributed by atoms with Gasteiger partial charge in [-0.2, -0.15) is 0 Å². The zero-order valence-electron chi connectivity index (χ0n) is 12.0. The summed E-state index contributed by atoms with van der Waals surface area (Å²) in [5.74, 6) is -0.675. The van der Waals surface area contributed by atoms with Crippen LogP contribution in [0.2, 0.25) is 0 Å². The summed E-state index contributed by atoms with van der Waals surface area (Å²) in [5, 5.41) is 14.9. The lowest BCUT2D eigenvalue weighted by molar-refractivity contribution is -0.154. The molecule has 0 spiro atoms. The number of carbonyl (C=O) groups is 2. The maximum absolute atomic E-state index is 12.1. The van der Waals surface area contributed by atoms with E-state index in [1.807, 2.05) is 0 Å². The second-order valence-electron chi connectivity index (χ2n) is 5.15. The Morgan fingerprint density at radius 3 is 2.91 bits per heavy atom. The molecule has 122 valence electrons. The summed E-state index contributed by atoms with van der Waals surface area (Å²) in [4.78, 5) is 26.3. The Hall–Kier alpha value is -1.58. The molecule has 2 fully saturated rings. The minimum absolute atomic E-state index is 0.156. The molecule has 3 amide bonds. The molecule has 2 N–H and O–H groups in total. The number of ether oxygens (including phenoxy) is 2. The number of hydrogen-bond acceptors (Lipinski definition) is 6. The minimum Gasteiger partial charge on any atom is -0.394 e. The number of azide groups is 1. The molecule has 0 aromatic carbocycles. The van der Waals surface area contributed by atoms with Crippen LogP contribution in [-0.2, 0) is 14.3 Å². The average molecular weight is 334 g/mol. The molecule has 3 unspecified atom stereocenters. The van der Waals surface area contributed by atoms with Gasteiger partial charge >= 0.3 is 6.03 Å². The van der Waals surface area contributed by atoms with Crippen molar-refractivity contribution in [3.8, 4) is 0 Å². The molecule has 2 heterocycles. The largest absolute Gasteiger partial charge is 0.394 e. The standard InChI is InChI=1S/C11H16ClN5O5/c1-11(12)8(19)14-10(20)17(9(11)21-2)7-3-5(15-16-13)6(4-18)22-7/h5-7,9,18H,3-4H2,1-2H3,(H,14,19,20)/t5?,6?,7?,9-,11+/m0/s1. The number of nitrogens with one attached hydrogen (secondary N) is 1. The minimum atomic E-state index is -1.50. The van der Waals surface area contributed by atoms with Gasteiger partial charge in [0, 0.05) is 18.4 Å². The van der Waals surface area contributed by atoms with E-state index in [1.54, 1.807) is 0 Å². The van der Waals surface area contributed by atoms with Crippen LogP contribution in [0, 0.1) is 0 Å². The van der Waals surface area contributed by atoms with E-state index in [9.17, 15) is 14.7 Å². The van der Waals surface area contributed by atoms with Gasteiger partial charge in [-0.3, -0.25) is 15.0 Å². The number of aliphatic hydroxyl groups excluding tert-OH is 1. The van der Waals surface area contributed by atoms with E-state index in [-0.39, 0.29) is 13.0 Å². The predicted molar refractivity (Wildman–Crippen MR) is 73.7 cm³/mol. The van der Waals surface area contributed by atoms with E-state index in [2.05, 4.69) is 15.3 Å². The third-order valence-electron chi connectivity index (χ3n) is 3.73. The van der Waals surface area contributed by atoms with Crippen LogP contribution in [0.3, 0.4) is 0 Å². The van der Waals surface area contributed by atoms with Gasteiger partial charge in [0.2, 0.25) is 0 Å². The molecular weight excluding hydrogens is 318 g/mol. The SMILES string of the molecule is CO[C@@H]1N(C2CC(N=[N+]=[N-])C(CO)O2)C(=O)NC(=O)[C@@]1(C)Cl. The van der Waals surface area contributed by atoms with E-state index < -0.39 is 41.4 Å². The van der Waals surface area contributed by atoms with Crippen molar-refractivity contribution in [2.45, 2.75) is 42.8 Å². The van der Waals surface area contributed by atoms with Gasteiger partial charge in [-0.1, -0.05) is 5.11 Å². The van der Waals surface area contributed by atoms with Crippen molar-refractivity contribution in [3.63, 3.8) is 0 Å². The molecule has 0 saturated carbocycles. The van der Waals surface area contributed by atoms with Gasteiger partial charge in [-0.25, -0.2) is 4.79 Å². The first-order valence-electron chi connectivity index (χ1n) is 6.52. The van der Waals surface area contributed by atoms with Crippen molar-refractivity contribution in [1.29, 1.82) is 0 Å². The van der Waals surface area contributed by atoms with E-state index >= 15 is 0 Å². The molecule has 2 rings (SSSR count). The number of amides is 3. The molecular formula is C11H16ClN5O5. The van der Waals surface area contributed by atoms with Gasteiger partial charge in [-0.15, -0.1) is 11.6 Å². The highest BCUT2D eigenvalue weighted by molar-refractivity contribution is 6.36. The van der Waals surface area contributed by atoms with Gasteiger partial charge in [0.05, 0.1) is 18.8 Å². The molecule has 10 nitrogen and oxygen atoms in total. The van der Waals surface area contributed by atoms with E-state index in [0.717, 1.165) is 4.90 Å². The molecule has 0 aromatic rings. The molecule has 5 atom stereocenters. The third-order valence-corrected chi connectivity index (χ3v) is 4.09. The molecule has 0 bridgehead atoms. The summed E-state index contributed by atoms with van der Waals surface area (Å²) < 4.78 is 10.7. The fraction of sp³-hybridized carbons (Fsp3) is 0.818. The number of nitrogens with zero attached hydrogens (tertiary/aromatic N) is 4. The fourth-order valence-corrected chi connectivity index (χ4v) is 2.86. The number of alkyl halides is 1. The lowest BCUT2D eigenvalue weighted by Crippen LogP contribution is -2.69. The zero-order valence-corrected chi connectivity index (χ0v) is 12.7. The molecule has 2 aliphatic heterocycles. The second kappa shape index (κ2) is 6.27. The molecule has 11 heteroatoms. The highest BCUT2D eigenvalue weighted by Gasteiger charge is 2.54.